The summed E-state index contributed by atoms with van der Waals surface area (Å²) in [5.41, 5.74) is 1.59. The Morgan fingerprint density at radius 2 is 2.06 bits per heavy atom. The van der Waals surface area contributed by atoms with E-state index in [2.05, 4.69) is 17.2 Å². The second-order valence-corrected chi connectivity index (χ2v) is 5.35. The second-order valence-electron chi connectivity index (χ2n) is 5.35. The Hall–Kier alpha value is -1.38. The summed E-state index contributed by atoms with van der Waals surface area (Å²) in [6.07, 6.45) is 8.09. The summed E-state index contributed by atoms with van der Waals surface area (Å²) < 4.78 is 0. The first kappa shape index (κ1) is 13.1. The maximum atomic E-state index is 12.1. The monoisotopic (exact) mass is 246 g/mol. The van der Waals surface area contributed by atoms with Gasteiger partial charge in [-0.15, -0.1) is 0 Å². The molecule has 0 saturated heterocycles. The summed E-state index contributed by atoms with van der Waals surface area (Å²) in [4.78, 5) is 16.2. The third kappa shape index (κ3) is 3.31. The van der Waals surface area contributed by atoms with Crippen LogP contribution in [0, 0.1) is 12.8 Å². The van der Waals surface area contributed by atoms with Crippen LogP contribution in [0.25, 0.3) is 0 Å². The van der Waals surface area contributed by atoms with Crippen molar-refractivity contribution in [3.63, 3.8) is 0 Å². The number of nitrogens with one attached hydrogen (secondary N) is 1. The van der Waals surface area contributed by atoms with Gasteiger partial charge in [0.1, 0.15) is 0 Å². The number of carbonyl (C=O) groups is 1. The molecule has 3 nitrogen and oxygen atoms in total. The molecule has 1 aliphatic rings. The van der Waals surface area contributed by atoms with Gasteiger partial charge in [-0.1, -0.05) is 19.3 Å². The van der Waals surface area contributed by atoms with Crippen molar-refractivity contribution in [2.75, 3.05) is 0 Å². The Morgan fingerprint density at radius 3 is 2.67 bits per heavy atom. The van der Waals surface area contributed by atoms with Gasteiger partial charge in [0.25, 0.3) is 5.91 Å². The lowest BCUT2D eigenvalue weighted by Crippen LogP contribution is -2.38. The Bertz CT molecular complexity index is 393. The number of pyridine rings is 1. The van der Waals surface area contributed by atoms with E-state index in [1.54, 1.807) is 6.20 Å². The molecule has 1 fully saturated rings. The predicted molar refractivity (Wildman–Crippen MR) is 72.5 cm³/mol. The number of nitrogens with zero attached hydrogens (tertiary/aromatic N) is 1. The van der Waals surface area contributed by atoms with E-state index in [0.29, 0.717) is 11.5 Å². The maximum absolute atomic E-state index is 12.1. The van der Waals surface area contributed by atoms with Gasteiger partial charge in [0, 0.05) is 17.9 Å². The molecule has 1 unspecified atom stereocenters. The van der Waals surface area contributed by atoms with Crippen LogP contribution in [0.3, 0.4) is 0 Å². The molecule has 0 aliphatic heterocycles. The van der Waals surface area contributed by atoms with Gasteiger partial charge in [-0.05, 0) is 44.7 Å². The zero-order chi connectivity index (χ0) is 13.0. The number of amides is 1. The SMILES string of the molecule is Cc1ccc(C(=O)NC(C)C2CCCCC2)cn1. The van der Waals surface area contributed by atoms with E-state index in [1.807, 2.05) is 19.1 Å². The van der Waals surface area contributed by atoms with Crippen molar-refractivity contribution in [1.29, 1.82) is 0 Å². The van der Waals surface area contributed by atoms with Gasteiger partial charge in [0.15, 0.2) is 0 Å². The Labute approximate surface area is 109 Å². The lowest BCUT2D eigenvalue weighted by molar-refractivity contribution is 0.0919. The van der Waals surface area contributed by atoms with Crippen LogP contribution in [0.5, 0.6) is 0 Å². The minimum absolute atomic E-state index is 0.000531. The summed E-state index contributed by atoms with van der Waals surface area (Å²) in [7, 11) is 0. The zero-order valence-electron chi connectivity index (χ0n) is 11.3. The van der Waals surface area contributed by atoms with Crippen molar-refractivity contribution in [2.45, 2.75) is 52.0 Å². The fraction of sp³-hybridized carbons (Fsp3) is 0.600. The minimum atomic E-state index is 0.000531. The van der Waals surface area contributed by atoms with E-state index in [0.717, 1.165) is 5.69 Å². The number of carbonyl (C=O) groups excluding carboxylic acids is 1. The van der Waals surface area contributed by atoms with E-state index in [-0.39, 0.29) is 11.9 Å². The summed E-state index contributed by atoms with van der Waals surface area (Å²) in [6.45, 7) is 4.04. The fourth-order valence-corrected chi connectivity index (χ4v) is 2.64. The first-order valence-electron chi connectivity index (χ1n) is 6.90. The van der Waals surface area contributed by atoms with E-state index >= 15 is 0 Å². The van der Waals surface area contributed by atoms with Crippen LogP contribution in [0.1, 0.15) is 55.1 Å². The molecule has 1 amide bonds. The average Bonchev–Trinajstić information content (AvgIpc) is 2.40. The Morgan fingerprint density at radius 1 is 1.33 bits per heavy atom. The molecule has 0 radical (unpaired) electrons. The highest BCUT2D eigenvalue weighted by Gasteiger charge is 2.21. The molecule has 3 heteroatoms. The molecular weight excluding hydrogens is 224 g/mol. The highest BCUT2D eigenvalue weighted by atomic mass is 16.1. The van der Waals surface area contributed by atoms with E-state index < -0.39 is 0 Å². The summed E-state index contributed by atoms with van der Waals surface area (Å²) in [5.74, 6) is 0.640. The van der Waals surface area contributed by atoms with Crippen LogP contribution in [0.15, 0.2) is 18.3 Å². The molecule has 1 saturated carbocycles. The van der Waals surface area contributed by atoms with Gasteiger partial charge >= 0.3 is 0 Å². The van der Waals surface area contributed by atoms with Gasteiger partial charge in [0.05, 0.1) is 5.56 Å². The molecule has 0 aromatic carbocycles. The number of rotatable bonds is 3. The standard InChI is InChI=1S/C15H22N2O/c1-11-8-9-14(10-16-11)15(18)17-12(2)13-6-4-3-5-7-13/h8-10,12-13H,3-7H2,1-2H3,(H,17,18). The molecule has 1 N–H and O–H groups in total. The van der Waals surface area contributed by atoms with Crippen LogP contribution < -0.4 is 5.32 Å². The highest BCUT2D eigenvalue weighted by Crippen LogP contribution is 2.26. The van der Waals surface area contributed by atoms with Crippen LogP contribution in [0.2, 0.25) is 0 Å². The van der Waals surface area contributed by atoms with Crippen molar-refractivity contribution in [3.8, 4) is 0 Å². The van der Waals surface area contributed by atoms with E-state index in [9.17, 15) is 4.79 Å². The maximum Gasteiger partial charge on any atom is 0.253 e. The molecule has 0 spiro atoms. The van der Waals surface area contributed by atoms with Crippen LogP contribution in [0.4, 0.5) is 0 Å². The molecule has 2 rings (SSSR count). The fourth-order valence-electron chi connectivity index (χ4n) is 2.64. The van der Waals surface area contributed by atoms with Crippen molar-refractivity contribution >= 4 is 5.91 Å². The lowest BCUT2D eigenvalue weighted by Gasteiger charge is -2.28. The van der Waals surface area contributed by atoms with Gasteiger partial charge in [-0.25, -0.2) is 0 Å². The molecular formula is C15H22N2O. The third-order valence-electron chi connectivity index (χ3n) is 3.89. The highest BCUT2D eigenvalue weighted by molar-refractivity contribution is 5.94. The van der Waals surface area contributed by atoms with E-state index in [4.69, 9.17) is 0 Å². The smallest absolute Gasteiger partial charge is 0.253 e. The molecule has 1 aromatic rings. The lowest BCUT2D eigenvalue weighted by atomic mass is 9.84. The van der Waals surface area contributed by atoms with Gasteiger partial charge in [-0.2, -0.15) is 0 Å². The van der Waals surface area contributed by atoms with Gasteiger partial charge < -0.3 is 5.32 Å². The third-order valence-corrected chi connectivity index (χ3v) is 3.89. The second kappa shape index (κ2) is 5.98. The largest absolute Gasteiger partial charge is 0.349 e. The predicted octanol–water partition coefficient (Wildman–Crippen LogP) is 3.09. The number of aryl methyl sites for hydroxylation is 1. The quantitative estimate of drug-likeness (QED) is 0.890. The first-order valence-corrected chi connectivity index (χ1v) is 6.90. The summed E-state index contributed by atoms with van der Waals surface area (Å²) in [5, 5.41) is 3.11. The number of hydrogen-bond donors (Lipinski definition) is 1. The van der Waals surface area contributed by atoms with Crippen LogP contribution in [-0.4, -0.2) is 16.9 Å². The van der Waals surface area contributed by atoms with E-state index in [1.165, 1.54) is 32.1 Å². The normalized spacial score (nSPS) is 18.3. The van der Waals surface area contributed by atoms with Crippen molar-refractivity contribution in [1.82, 2.24) is 10.3 Å². The Balaban J connectivity index is 1.91. The molecule has 1 atom stereocenters. The average molecular weight is 246 g/mol. The summed E-state index contributed by atoms with van der Waals surface area (Å²) >= 11 is 0. The van der Waals surface area contributed by atoms with Crippen LogP contribution >= 0.6 is 0 Å². The van der Waals surface area contributed by atoms with Crippen molar-refractivity contribution < 1.29 is 4.79 Å². The number of aromatic nitrogens is 1. The van der Waals surface area contributed by atoms with Crippen LogP contribution in [-0.2, 0) is 0 Å². The topological polar surface area (TPSA) is 42.0 Å². The minimum Gasteiger partial charge on any atom is -0.349 e. The zero-order valence-corrected chi connectivity index (χ0v) is 11.3. The summed E-state index contributed by atoms with van der Waals surface area (Å²) in [6, 6.07) is 3.98. The molecule has 1 aromatic heterocycles. The molecule has 0 bridgehead atoms. The molecule has 1 heterocycles. The van der Waals surface area contributed by atoms with Gasteiger partial charge in [-0.3, -0.25) is 9.78 Å². The molecule has 18 heavy (non-hydrogen) atoms. The number of hydrogen-bond acceptors (Lipinski definition) is 2. The first-order chi connectivity index (χ1) is 8.66. The molecule has 1 aliphatic carbocycles. The molecule has 98 valence electrons. The van der Waals surface area contributed by atoms with Crippen molar-refractivity contribution in [3.05, 3.63) is 29.6 Å². The Kier molecular flexibility index (Phi) is 4.34. The van der Waals surface area contributed by atoms with Gasteiger partial charge in [0.2, 0.25) is 0 Å². The van der Waals surface area contributed by atoms with Crippen molar-refractivity contribution in [2.24, 2.45) is 5.92 Å².